The summed E-state index contributed by atoms with van der Waals surface area (Å²) in [6.45, 7) is 5.93. The summed E-state index contributed by atoms with van der Waals surface area (Å²) in [5, 5.41) is 3.27. The van der Waals surface area contributed by atoms with Gasteiger partial charge < -0.3 is 15.0 Å². The summed E-state index contributed by atoms with van der Waals surface area (Å²) in [6.07, 6.45) is 1.10. The molecule has 3 nitrogen and oxygen atoms in total. The van der Waals surface area contributed by atoms with Gasteiger partial charge in [0.05, 0.1) is 6.61 Å². The Morgan fingerprint density at radius 2 is 2.17 bits per heavy atom. The van der Waals surface area contributed by atoms with E-state index in [-0.39, 0.29) is 0 Å². The van der Waals surface area contributed by atoms with E-state index in [0.717, 1.165) is 32.7 Å². The average molecular weight is 313 g/mol. The second-order valence-corrected chi connectivity index (χ2v) is 5.52. The van der Waals surface area contributed by atoms with Gasteiger partial charge in [0.1, 0.15) is 0 Å². The molecule has 1 N–H and O–H groups in total. The lowest BCUT2D eigenvalue weighted by Crippen LogP contribution is -2.26. The van der Waals surface area contributed by atoms with Crippen LogP contribution in [0.4, 0.5) is 5.69 Å². The van der Waals surface area contributed by atoms with E-state index in [1.54, 1.807) is 0 Å². The van der Waals surface area contributed by atoms with Crippen LogP contribution in [-0.4, -0.2) is 33.4 Å². The zero-order chi connectivity index (χ0) is 13.0. The van der Waals surface area contributed by atoms with Gasteiger partial charge in [-0.25, -0.2) is 0 Å². The molecule has 0 radical (unpaired) electrons. The fraction of sp³-hybridized carbons (Fsp3) is 0.571. The molecule has 0 spiro atoms. The van der Waals surface area contributed by atoms with E-state index < -0.39 is 0 Å². The molecular weight excluding hydrogens is 292 g/mol. The van der Waals surface area contributed by atoms with E-state index in [9.17, 15) is 0 Å². The van der Waals surface area contributed by atoms with Crippen LogP contribution in [0.2, 0.25) is 0 Å². The van der Waals surface area contributed by atoms with Crippen LogP contribution < -0.4 is 10.2 Å². The van der Waals surface area contributed by atoms with Crippen LogP contribution >= 0.6 is 15.9 Å². The molecule has 18 heavy (non-hydrogen) atoms. The van der Waals surface area contributed by atoms with Gasteiger partial charge in [-0.2, -0.15) is 0 Å². The number of hydrogen-bond acceptors (Lipinski definition) is 3. The van der Waals surface area contributed by atoms with Gasteiger partial charge in [-0.05, 0) is 38.1 Å². The first-order valence-corrected chi connectivity index (χ1v) is 7.31. The SMILES string of the molecule is CNC(C)c1ccc(N2CCCOCC2)cc1Br. The van der Waals surface area contributed by atoms with Gasteiger partial charge in [0, 0.05) is 35.9 Å². The van der Waals surface area contributed by atoms with Crippen molar-refractivity contribution in [3.63, 3.8) is 0 Å². The molecule has 0 saturated carbocycles. The minimum atomic E-state index is 0.362. The van der Waals surface area contributed by atoms with Crippen molar-refractivity contribution < 1.29 is 4.74 Å². The van der Waals surface area contributed by atoms with E-state index in [1.807, 2.05) is 7.05 Å². The summed E-state index contributed by atoms with van der Waals surface area (Å²) in [4.78, 5) is 2.39. The number of rotatable bonds is 3. The predicted molar refractivity (Wildman–Crippen MR) is 79.3 cm³/mol. The van der Waals surface area contributed by atoms with Gasteiger partial charge in [-0.3, -0.25) is 0 Å². The Morgan fingerprint density at radius 3 is 2.89 bits per heavy atom. The van der Waals surface area contributed by atoms with Gasteiger partial charge >= 0.3 is 0 Å². The van der Waals surface area contributed by atoms with Crippen molar-refractivity contribution in [3.8, 4) is 0 Å². The minimum absolute atomic E-state index is 0.362. The first-order valence-electron chi connectivity index (χ1n) is 6.52. The third-order valence-electron chi connectivity index (χ3n) is 3.47. The molecule has 100 valence electrons. The Bertz CT molecular complexity index is 389. The molecule has 1 atom stereocenters. The number of halogens is 1. The molecule has 0 aromatic heterocycles. The van der Waals surface area contributed by atoms with Gasteiger partial charge in [0.15, 0.2) is 0 Å². The van der Waals surface area contributed by atoms with Crippen molar-refractivity contribution in [1.82, 2.24) is 5.32 Å². The fourth-order valence-corrected chi connectivity index (χ4v) is 2.93. The van der Waals surface area contributed by atoms with Gasteiger partial charge in [0.25, 0.3) is 0 Å². The molecule has 1 aliphatic heterocycles. The van der Waals surface area contributed by atoms with Crippen molar-refractivity contribution in [2.75, 3.05) is 38.3 Å². The number of hydrogen-bond donors (Lipinski definition) is 1. The van der Waals surface area contributed by atoms with E-state index in [0.29, 0.717) is 6.04 Å². The molecule has 0 amide bonds. The van der Waals surface area contributed by atoms with Crippen LogP contribution in [-0.2, 0) is 4.74 Å². The van der Waals surface area contributed by atoms with Crippen LogP contribution in [0.5, 0.6) is 0 Å². The minimum Gasteiger partial charge on any atom is -0.380 e. The molecule has 0 bridgehead atoms. The summed E-state index contributed by atoms with van der Waals surface area (Å²) >= 11 is 3.68. The summed E-state index contributed by atoms with van der Waals surface area (Å²) in [7, 11) is 1.98. The summed E-state index contributed by atoms with van der Waals surface area (Å²) in [6, 6.07) is 6.99. The van der Waals surface area contributed by atoms with Crippen LogP contribution in [0.25, 0.3) is 0 Å². The van der Waals surface area contributed by atoms with Crippen molar-refractivity contribution in [2.24, 2.45) is 0 Å². The Labute approximate surface area is 118 Å². The lowest BCUT2D eigenvalue weighted by Gasteiger charge is -2.23. The molecular formula is C14H21BrN2O. The lowest BCUT2D eigenvalue weighted by molar-refractivity contribution is 0.152. The maximum atomic E-state index is 5.49. The molecule has 1 fully saturated rings. The molecule has 0 aliphatic carbocycles. The zero-order valence-electron chi connectivity index (χ0n) is 11.1. The van der Waals surface area contributed by atoms with Crippen molar-refractivity contribution in [2.45, 2.75) is 19.4 Å². The Kier molecular flexibility index (Phi) is 5.03. The average Bonchev–Trinajstić information content (AvgIpc) is 2.66. The normalized spacial score (nSPS) is 18.5. The predicted octanol–water partition coefficient (Wildman–Crippen LogP) is 2.96. The van der Waals surface area contributed by atoms with Crippen LogP contribution in [0.15, 0.2) is 22.7 Å². The van der Waals surface area contributed by atoms with E-state index in [1.165, 1.54) is 15.7 Å². The highest BCUT2D eigenvalue weighted by Gasteiger charge is 2.13. The maximum Gasteiger partial charge on any atom is 0.0641 e. The number of nitrogens with zero attached hydrogens (tertiary/aromatic N) is 1. The third-order valence-corrected chi connectivity index (χ3v) is 4.16. The summed E-state index contributed by atoms with van der Waals surface area (Å²) in [5.41, 5.74) is 2.58. The number of benzene rings is 1. The molecule has 1 aromatic carbocycles. The van der Waals surface area contributed by atoms with E-state index in [4.69, 9.17) is 4.74 Å². The molecule has 4 heteroatoms. The topological polar surface area (TPSA) is 24.5 Å². The standard InChI is InChI=1S/C14H21BrN2O/c1-11(16-2)13-5-4-12(10-14(13)15)17-6-3-8-18-9-7-17/h4-5,10-11,16H,3,6-9H2,1-2H3. The van der Waals surface area contributed by atoms with Gasteiger partial charge in [-0.15, -0.1) is 0 Å². The number of nitrogens with one attached hydrogen (secondary N) is 1. The molecule has 1 saturated heterocycles. The smallest absolute Gasteiger partial charge is 0.0641 e. The van der Waals surface area contributed by atoms with Crippen LogP contribution in [0.1, 0.15) is 24.9 Å². The van der Waals surface area contributed by atoms with E-state index in [2.05, 4.69) is 51.3 Å². The quantitative estimate of drug-likeness (QED) is 0.928. The second kappa shape index (κ2) is 6.55. The van der Waals surface area contributed by atoms with Crippen LogP contribution in [0.3, 0.4) is 0 Å². The number of ether oxygens (including phenoxy) is 1. The molecule has 1 aliphatic rings. The molecule has 1 aromatic rings. The first-order chi connectivity index (χ1) is 8.72. The lowest BCUT2D eigenvalue weighted by atomic mass is 10.1. The van der Waals surface area contributed by atoms with Gasteiger partial charge in [-0.1, -0.05) is 22.0 Å². The maximum absolute atomic E-state index is 5.49. The number of anilines is 1. The molecule has 1 unspecified atom stereocenters. The summed E-state index contributed by atoms with van der Waals surface area (Å²) < 4.78 is 6.67. The highest BCUT2D eigenvalue weighted by Crippen LogP contribution is 2.28. The molecule has 2 rings (SSSR count). The highest BCUT2D eigenvalue weighted by molar-refractivity contribution is 9.10. The van der Waals surface area contributed by atoms with Crippen molar-refractivity contribution >= 4 is 21.6 Å². The third kappa shape index (κ3) is 3.25. The van der Waals surface area contributed by atoms with Gasteiger partial charge in [0.2, 0.25) is 0 Å². The fourth-order valence-electron chi connectivity index (χ4n) is 2.22. The summed E-state index contributed by atoms with van der Waals surface area (Å²) in [5.74, 6) is 0. The second-order valence-electron chi connectivity index (χ2n) is 4.67. The molecule has 1 heterocycles. The van der Waals surface area contributed by atoms with E-state index >= 15 is 0 Å². The van der Waals surface area contributed by atoms with Crippen LogP contribution in [0, 0.1) is 0 Å². The largest absolute Gasteiger partial charge is 0.380 e. The highest BCUT2D eigenvalue weighted by atomic mass is 79.9. The van der Waals surface area contributed by atoms with Crippen molar-refractivity contribution in [3.05, 3.63) is 28.2 Å². The monoisotopic (exact) mass is 312 g/mol. The Morgan fingerprint density at radius 1 is 1.33 bits per heavy atom. The van der Waals surface area contributed by atoms with Crippen molar-refractivity contribution in [1.29, 1.82) is 0 Å². The Hall–Kier alpha value is -0.580. The Balaban J connectivity index is 2.16. The zero-order valence-corrected chi connectivity index (χ0v) is 12.7. The first kappa shape index (κ1) is 13.8.